The van der Waals surface area contributed by atoms with Crippen LogP contribution in [0, 0.1) is 20.8 Å². The third-order valence-corrected chi connectivity index (χ3v) is 1.47. The topological polar surface area (TPSA) is 132 Å². The van der Waals surface area contributed by atoms with Gasteiger partial charge in [-0.3, -0.25) is 0 Å². The van der Waals surface area contributed by atoms with E-state index in [4.69, 9.17) is 0 Å². The van der Waals surface area contributed by atoms with Gasteiger partial charge >= 0.3 is 6.29 Å². The lowest BCUT2D eigenvalue weighted by Gasteiger charge is -2.49. The summed E-state index contributed by atoms with van der Waals surface area (Å²) >= 11 is 0. The minimum Gasteiger partial charge on any atom is -0.589 e. The van der Waals surface area contributed by atoms with Crippen LogP contribution in [0.1, 0.15) is 0 Å². The van der Waals surface area contributed by atoms with Gasteiger partial charge in [0.1, 0.15) is 0 Å². The zero-order valence-electron chi connectivity index (χ0n) is 5.47. The fourth-order valence-corrected chi connectivity index (χ4v) is 0.879. The molecule has 12 heavy (non-hydrogen) atoms. The quantitative estimate of drug-likeness (QED) is 0.297. The predicted molar refractivity (Wildman–Crippen MR) is 25.1 cm³/mol. The maximum Gasteiger partial charge on any atom is 0.441 e. The molecule has 4 atom stereocenters. The summed E-state index contributed by atoms with van der Waals surface area (Å²) in [4.78, 5) is 7.82. The smallest absolute Gasteiger partial charge is 0.441 e. The van der Waals surface area contributed by atoms with E-state index >= 15 is 0 Å². The van der Waals surface area contributed by atoms with Crippen molar-refractivity contribution in [2.75, 3.05) is 0 Å². The van der Waals surface area contributed by atoms with Gasteiger partial charge in [0.2, 0.25) is 5.12 Å². The number of hydrogen-bond donors (Lipinski definition) is 4. The van der Waals surface area contributed by atoms with E-state index < -0.39 is 27.4 Å². The molecule has 0 aliphatic carbocycles. The zero-order chi connectivity index (χ0) is 8.88. The standard InChI is InChI=1S/CH5N5O6/c7-3-1(4(8)11-3)2-5(9)12-6(2)10/h1,3-6H. The molecule has 2 aliphatic rings. The van der Waals surface area contributed by atoms with Crippen LogP contribution in [0.25, 0.3) is 0 Å². The number of quaternary nitrogens is 4. The van der Waals surface area contributed by atoms with Crippen molar-refractivity contribution < 1.29 is 31.0 Å². The molecule has 2 fully saturated rings. The highest BCUT2D eigenvalue weighted by atomic mass is 17.2. The molecule has 2 heterocycles. The first-order chi connectivity index (χ1) is 5.61. The van der Waals surface area contributed by atoms with Gasteiger partial charge in [0.15, 0.2) is 0 Å². The molecule has 2 aliphatic heterocycles. The van der Waals surface area contributed by atoms with Gasteiger partial charge in [-0.1, -0.05) is 10.5 Å². The number of nitrogens with zero attached hydrogens (tertiary/aromatic N) is 1. The Labute approximate surface area is 64.5 Å². The van der Waals surface area contributed by atoms with E-state index in [1.54, 1.807) is 0 Å². The highest BCUT2D eigenvalue weighted by Crippen LogP contribution is 1.75. The van der Waals surface area contributed by atoms with Crippen molar-refractivity contribution in [2.45, 2.75) is 6.29 Å². The Hall–Kier alpha value is -0.440. The van der Waals surface area contributed by atoms with E-state index in [0.29, 0.717) is 5.12 Å². The summed E-state index contributed by atoms with van der Waals surface area (Å²) in [5, 5.41) is 38.6. The summed E-state index contributed by atoms with van der Waals surface area (Å²) in [5.41, 5.74) is 0. The second-order valence-electron chi connectivity index (χ2n) is 2.15. The zero-order valence-corrected chi connectivity index (χ0v) is 5.47. The molecule has 4 unspecified atom stereocenters. The van der Waals surface area contributed by atoms with Crippen LogP contribution >= 0.6 is 0 Å². The molecule has 0 radical (unpaired) electrons. The van der Waals surface area contributed by atoms with Crippen LogP contribution < -0.4 is 21.1 Å². The molecule has 0 spiro atoms. The average molecular weight is 183 g/mol. The monoisotopic (exact) mass is 183 g/mol. The number of rotatable bonds is 1. The third kappa shape index (κ3) is 0.922. The van der Waals surface area contributed by atoms with E-state index in [0.717, 1.165) is 0 Å². The average Bonchev–Trinajstić information content (AvgIpc) is 2.01. The van der Waals surface area contributed by atoms with Crippen molar-refractivity contribution in [3.8, 4) is 0 Å². The third-order valence-electron chi connectivity index (χ3n) is 1.47. The van der Waals surface area contributed by atoms with Gasteiger partial charge in [-0.15, -0.1) is 0 Å². The summed E-state index contributed by atoms with van der Waals surface area (Å²) in [5.74, 6) is 0. The second kappa shape index (κ2) is 2.52. The fourth-order valence-electron chi connectivity index (χ4n) is 0.879. The lowest BCUT2D eigenvalue weighted by molar-refractivity contribution is -1.64. The minimum atomic E-state index is -1.42. The van der Waals surface area contributed by atoms with Gasteiger partial charge in [0, 0.05) is 9.88 Å². The molecule has 2 saturated heterocycles. The van der Waals surface area contributed by atoms with Crippen LogP contribution in [-0.2, 0) is 9.88 Å². The van der Waals surface area contributed by atoms with E-state index in [-0.39, 0.29) is 0 Å². The highest BCUT2D eigenvalue weighted by molar-refractivity contribution is 4.22. The highest BCUT2D eigenvalue weighted by Gasteiger charge is 2.61. The van der Waals surface area contributed by atoms with Gasteiger partial charge in [-0.25, -0.2) is 0 Å². The van der Waals surface area contributed by atoms with E-state index in [1.165, 1.54) is 0 Å². The number of hydrogen-bond acceptors (Lipinski definition) is 7. The first-order valence-corrected chi connectivity index (χ1v) is 2.92. The van der Waals surface area contributed by atoms with E-state index in [9.17, 15) is 20.8 Å². The van der Waals surface area contributed by atoms with Gasteiger partial charge in [-0.2, -0.15) is 0 Å². The van der Waals surface area contributed by atoms with Crippen molar-refractivity contribution in [1.29, 1.82) is 0 Å². The van der Waals surface area contributed by atoms with Crippen LogP contribution in [-0.4, -0.2) is 11.4 Å². The Morgan fingerprint density at radius 1 is 0.917 bits per heavy atom. The minimum absolute atomic E-state index is 0.411. The maximum absolute atomic E-state index is 10.5. The van der Waals surface area contributed by atoms with Crippen molar-refractivity contribution >= 4 is 0 Å². The Morgan fingerprint density at radius 2 is 1.42 bits per heavy atom. The summed E-state index contributed by atoms with van der Waals surface area (Å²) in [6.07, 6.45) is -1.42. The Kier molecular flexibility index (Phi) is 1.72. The molecular formula is CH5N5O6. The Bertz CT molecular complexity index is 153. The number of hydroxylamine groups is 4. The normalized spacial score (nSPS) is 54.5. The summed E-state index contributed by atoms with van der Waals surface area (Å²) in [7, 11) is 0. The van der Waals surface area contributed by atoms with Crippen LogP contribution in [0.15, 0.2) is 0 Å². The lowest BCUT2D eigenvalue weighted by Crippen LogP contribution is -3.63. The Morgan fingerprint density at radius 3 is 1.67 bits per heavy atom. The molecule has 4 N–H and O–H groups in total. The molecule has 0 aromatic carbocycles. The molecule has 2 rings (SSSR count). The molecule has 0 amide bonds. The van der Waals surface area contributed by atoms with Crippen LogP contribution in [0.3, 0.4) is 0 Å². The van der Waals surface area contributed by atoms with Crippen molar-refractivity contribution in [1.82, 2.24) is 5.12 Å². The van der Waals surface area contributed by atoms with Crippen molar-refractivity contribution in [3.63, 3.8) is 0 Å². The Balaban J connectivity index is 1.99. The predicted octanol–water partition coefficient (Wildman–Crippen LogP) is -7.35. The molecule has 0 aromatic heterocycles. The van der Waals surface area contributed by atoms with Gasteiger partial charge in [-0.05, 0) is 10.7 Å². The lowest BCUT2D eigenvalue weighted by atomic mass is 10.8. The van der Waals surface area contributed by atoms with Crippen molar-refractivity contribution in [2.24, 2.45) is 0 Å². The summed E-state index contributed by atoms with van der Waals surface area (Å²) in [6.45, 7) is 0. The molecule has 70 valence electrons. The molecular weight excluding hydrogens is 178 g/mol. The van der Waals surface area contributed by atoms with Crippen LogP contribution in [0.5, 0.6) is 0 Å². The van der Waals surface area contributed by atoms with Gasteiger partial charge in [0.05, 0.1) is 0 Å². The largest absolute Gasteiger partial charge is 0.589 e. The van der Waals surface area contributed by atoms with Crippen LogP contribution in [0.4, 0.5) is 0 Å². The molecule has 11 heteroatoms. The SMILES string of the molecule is [O-][NH+]1O[NH+]([O-])C1N1[NH+]([O-])O[NH+]1[O-]. The molecule has 11 nitrogen and oxygen atoms in total. The molecule has 0 saturated carbocycles. The van der Waals surface area contributed by atoms with Gasteiger partial charge in [0.25, 0.3) is 0 Å². The van der Waals surface area contributed by atoms with E-state index in [1.807, 2.05) is 0 Å². The van der Waals surface area contributed by atoms with Crippen molar-refractivity contribution in [3.05, 3.63) is 20.8 Å². The summed E-state index contributed by atoms with van der Waals surface area (Å²) < 4.78 is 0. The second-order valence-corrected chi connectivity index (χ2v) is 2.15. The molecule has 0 bridgehead atoms. The fraction of sp³-hybridized carbons (Fsp3) is 1.00. The number of nitrogens with one attached hydrogen (secondary N) is 4. The first-order valence-electron chi connectivity index (χ1n) is 2.92. The maximum atomic E-state index is 10.5. The van der Waals surface area contributed by atoms with Crippen LogP contribution in [0.2, 0.25) is 0 Å². The van der Waals surface area contributed by atoms with Gasteiger partial charge < -0.3 is 20.8 Å². The molecule has 0 aromatic rings. The van der Waals surface area contributed by atoms with E-state index in [2.05, 4.69) is 9.88 Å². The first kappa shape index (κ1) is 8.17. The summed E-state index contributed by atoms with van der Waals surface area (Å²) in [6, 6.07) is 0.